The zero-order valence-electron chi connectivity index (χ0n) is 13.8. The zero-order valence-corrected chi connectivity index (χ0v) is 13.8. The van der Waals surface area contributed by atoms with Crippen LogP contribution in [0.25, 0.3) is 0 Å². The average Bonchev–Trinajstić information content (AvgIpc) is 2.63. The summed E-state index contributed by atoms with van der Waals surface area (Å²) in [7, 11) is 1.30. The highest BCUT2D eigenvalue weighted by Gasteiger charge is 2.35. The van der Waals surface area contributed by atoms with Gasteiger partial charge in [-0.3, -0.25) is 0 Å². The van der Waals surface area contributed by atoms with Crippen LogP contribution in [0.1, 0.15) is 11.1 Å². The van der Waals surface area contributed by atoms with E-state index in [0.29, 0.717) is 0 Å². The van der Waals surface area contributed by atoms with Crippen LogP contribution in [-0.2, 0) is 27.1 Å². The molecule has 0 unspecified atom stereocenters. The van der Waals surface area contributed by atoms with Gasteiger partial charge in [0.2, 0.25) is 5.88 Å². The van der Waals surface area contributed by atoms with Crippen LogP contribution in [0, 0.1) is 0 Å². The van der Waals surface area contributed by atoms with E-state index in [4.69, 9.17) is 14.2 Å². The first-order valence-corrected chi connectivity index (χ1v) is 7.49. The Morgan fingerprint density at radius 1 is 1.15 bits per heavy atom. The van der Waals surface area contributed by atoms with Gasteiger partial charge in [0, 0.05) is 6.20 Å². The molecule has 0 saturated heterocycles. The molecule has 0 radical (unpaired) electrons. The Kier molecular flexibility index (Phi) is 6.60. The maximum atomic E-state index is 12.9. The van der Waals surface area contributed by atoms with Gasteiger partial charge < -0.3 is 14.2 Å². The standard InChI is InChI=1S/C18H16F3NO4/c1-24-11-14(17(23)26-10-13-6-3-2-4-7-13)12-25-16-15(18(19,20)21)8-5-9-22-16/h2-9,11H,10,12H2,1H3/b14-11+. The molecule has 0 bridgehead atoms. The highest BCUT2D eigenvalue weighted by Crippen LogP contribution is 2.34. The number of esters is 1. The van der Waals surface area contributed by atoms with Crippen LogP contribution in [0.4, 0.5) is 13.2 Å². The third-order valence-corrected chi connectivity index (χ3v) is 3.18. The number of pyridine rings is 1. The van der Waals surface area contributed by atoms with Crippen LogP contribution in [0.15, 0.2) is 60.5 Å². The van der Waals surface area contributed by atoms with Crippen molar-refractivity contribution in [3.05, 3.63) is 71.6 Å². The van der Waals surface area contributed by atoms with Crippen molar-refractivity contribution >= 4 is 5.97 Å². The fraction of sp³-hybridized carbons (Fsp3) is 0.222. The number of alkyl halides is 3. The van der Waals surface area contributed by atoms with E-state index in [2.05, 4.69) is 4.98 Å². The van der Waals surface area contributed by atoms with Crippen molar-refractivity contribution < 1.29 is 32.2 Å². The third-order valence-electron chi connectivity index (χ3n) is 3.18. The van der Waals surface area contributed by atoms with Crippen LogP contribution >= 0.6 is 0 Å². The SMILES string of the molecule is CO/C=C(\COc1ncccc1C(F)(F)F)C(=O)OCc1ccccc1. The van der Waals surface area contributed by atoms with Gasteiger partial charge in [-0.05, 0) is 17.7 Å². The van der Waals surface area contributed by atoms with Gasteiger partial charge in [0.05, 0.1) is 13.4 Å². The molecule has 0 aliphatic carbocycles. The first-order chi connectivity index (χ1) is 12.4. The summed E-state index contributed by atoms with van der Waals surface area (Å²) in [5, 5.41) is 0. The van der Waals surface area contributed by atoms with Crippen molar-refractivity contribution in [3.63, 3.8) is 0 Å². The molecule has 0 atom stereocenters. The predicted octanol–water partition coefficient (Wildman–Crippen LogP) is 3.75. The Hall–Kier alpha value is -3.03. The Labute approximate surface area is 148 Å². The summed E-state index contributed by atoms with van der Waals surface area (Å²) >= 11 is 0. The summed E-state index contributed by atoms with van der Waals surface area (Å²) in [5.74, 6) is -1.39. The van der Waals surface area contributed by atoms with Gasteiger partial charge in [-0.1, -0.05) is 30.3 Å². The van der Waals surface area contributed by atoms with Gasteiger partial charge in [-0.15, -0.1) is 0 Å². The molecule has 5 nitrogen and oxygen atoms in total. The summed E-state index contributed by atoms with van der Waals surface area (Å²) in [6, 6.07) is 10.9. The molecule has 1 heterocycles. The van der Waals surface area contributed by atoms with E-state index < -0.39 is 30.2 Å². The second-order valence-electron chi connectivity index (χ2n) is 5.08. The molecule has 0 N–H and O–H groups in total. The fourth-order valence-electron chi connectivity index (χ4n) is 1.97. The minimum Gasteiger partial charge on any atom is -0.504 e. The van der Waals surface area contributed by atoms with Gasteiger partial charge in [-0.25, -0.2) is 9.78 Å². The molecule has 0 aliphatic rings. The molecule has 2 rings (SSSR count). The Morgan fingerprint density at radius 2 is 1.88 bits per heavy atom. The van der Waals surface area contributed by atoms with Gasteiger partial charge in [-0.2, -0.15) is 13.2 Å². The Morgan fingerprint density at radius 3 is 2.54 bits per heavy atom. The summed E-state index contributed by atoms with van der Waals surface area (Å²) in [6.45, 7) is -0.473. The van der Waals surface area contributed by atoms with Gasteiger partial charge >= 0.3 is 12.1 Å². The number of carbonyl (C=O) groups excluding carboxylic acids is 1. The minimum atomic E-state index is -4.62. The summed E-state index contributed by atoms with van der Waals surface area (Å²) in [4.78, 5) is 15.7. The maximum Gasteiger partial charge on any atom is 0.421 e. The first kappa shape index (κ1) is 19.3. The van der Waals surface area contributed by atoms with Crippen LogP contribution in [0.2, 0.25) is 0 Å². The van der Waals surface area contributed by atoms with Crippen molar-refractivity contribution in [2.75, 3.05) is 13.7 Å². The molecule has 1 aromatic heterocycles. The summed E-state index contributed by atoms with van der Waals surface area (Å²) in [5.41, 5.74) is -0.348. The molecular weight excluding hydrogens is 351 g/mol. The second kappa shape index (κ2) is 8.89. The molecular formula is C18H16F3NO4. The van der Waals surface area contributed by atoms with Crippen molar-refractivity contribution in [1.29, 1.82) is 0 Å². The lowest BCUT2D eigenvalue weighted by Crippen LogP contribution is -2.17. The van der Waals surface area contributed by atoms with Gasteiger partial charge in [0.1, 0.15) is 24.4 Å². The molecule has 0 aliphatic heterocycles. The van der Waals surface area contributed by atoms with E-state index in [-0.39, 0.29) is 12.2 Å². The van der Waals surface area contributed by atoms with Crippen LogP contribution in [0.5, 0.6) is 5.88 Å². The van der Waals surface area contributed by atoms with Crippen LogP contribution in [0.3, 0.4) is 0 Å². The topological polar surface area (TPSA) is 57.7 Å². The Balaban J connectivity index is 2.03. The fourth-order valence-corrected chi connectivity index (χ4v) is 1.97. The lowest BCUT2D eigenvalue weighted by molar-refractivity contribution is -0.140. The zero-order chi connectivity index (χ0) is 19.0. The molecule has 0 amide bonds. The Bertz CT molecular complexity index is 761. The van der Waals surface area contributed by atoms with Crippen molar-refractivity contribution in [2.45, 2.75) is 12.8 Å². The maximum absolute atomic E-state index is 12.9. The number of nitrogens with zero attached hydrogens (tertiary/aromatic N) is 1. The minimum absolute atomic E-state index is 0.0120. The van der Waals surface area contributed by atoms with Crippen molar-refractivity contribution in [3.8, 4) is 5.88 Å². The normalized spacial score (nSPS) is 11.8. The number of methoxy groups -OCH3 is 1. The average molecular weight is 367 g/mol. The first-order valence-electron chi connectivity index (χ1n) is 7.49. The lowest BCUT2D eigenvalue weighted by Gasteiger charge is -2.13. The highest BCUT2D eigenvalue weighted by atomic mass is 19.4. The van der Waals surface area contributed by atoms with Crippen molar-refractivity contribution in [2.24, 2.45) is 0 Å². The van der Waals surface area contributed by atoms with E-state index in [0.717, 1.165) is 30.2 Å². The number of hydrogen-bond acceptors (Lipinski definition) is 5. The van der Waals surface area contributed by atoms with E-state index in [1.807, 2.05) is 6.07 Å². The monoisotopic (exact) mass is 367 g/mol. The summed E-state index contributed by atoms with van der Waals surface area (Å²) in [6.07, 6.45) is -2.40. The number of hydrogen-bond donors (Lipinski definition) is 0. The van der Waals surface area contributed by atoms with Crippen LogP contribution < -0.4 is 4.74 Å². The summed E-state index contributed by atoms with van der Waals surface area (Å²) < 4.78 is 53.8. The second-order valence-corrected chi connectivity index (χ2v) is 5.08. The molecule has 1 aromatic carbocycles. The number of halogens is 3. The lowest BCUT2D eigenvalue weighted by atomic mass is 10.2. The molecule has 2 aromatic rings. The molecule has 8 heteroatoms. The van der Waals surface area contributed by atoms with Gasteiger partial charge in [0.25, 0.3) is 0 Å². The number of carbonyl (C=O) groups is 1. The van der Waals surface area contributed by atoms with Gasteiger partial charge in [0.15, 0.2) is 0 Å². The smallest absolute Gasteiger partial charge is 0.421 e. The highest BCUT2D eigenvalue weighted by molar-refractivity contribution is 5.88. The van der Waals surface area contributed by atoms with Crippen LogP contribution in [-0.4, -0.2) is 24.7 Å². The molecule has 0 saturated carbocycles. The van der Waals surface area contributed by atoms with E-state index in [9.17, 15) is 18.0 Å². The number of ether oxygens (including phenoxy) is 3. The van der Waals surface area contributed by atoms with Crippen molar-refractivity contribution in [1.82, 2.24) is 4.98 Å². The number of benzene rings is 1. The third kappa shape index (κ3) is 5.51. The molecule has 0 spiro atoms. The predicted molar refractivity (Wildman–Crippen MR) is 86.1 cm³/mol. The molecule has 138 valence electrons. The largest absolute Gasteiger partial charge is 0.504 e. The molecule has 0 fully saturated rings. The number of aromatic nitrogens is 1. The molecule has 26 heavy (non-hydrogen) atoms. The van der Waals surface area contributed by atoms with E-state index in [1.54, 1.807) is 24.3 Å². The number of rotatable bonds is 7. The quantitative estimate of drug-likeness (QED) is 0.424. The van der Waals surface area contributed by atoms with E-state index in [1.165, 1.54) is 7.11 Å². The van der Waals surface area contributed by atoms with E-state index >= 15 is 0 Å².